The third kappa shape index (κ3) is 6.78. The van der Waals surface area contributed by atoms with Crippen molar-refractivity contribution in [1.82, 2.24) is 14.2 Å². The minimum absolute atomic E-state index is 0. The fourth-order valence-electron chi connectivity index (χ4n) is 5.09. The summed E-state index contributed by atoms with van der Waals surface area (Å²) in [7, 11) is -3.73. The number of halogens is 2. The normalized spacial score (nSPS) is 17.7. The summed E-state index contributed by atoms with van der Waals surface area (Å²) in [4.78, 5) is 22.9. The third-order valence-electron chi connectivity index (χ3n) is 7.32. The van der Waals surface area contributed by atoms with Gasteiger partial charge in [-0.2, -0.15) is 4.31 Å². The molecule has 2 aliphatic rings. The maximum absolute atomic E-state index is 13.9. The van der Waals surface area contributed by atoms with Crippen LogP contribution in [0.25, 0.3) is 10.2 Å². The van der Waals surface area contributed by atoms with Gasteiger partial charge in [0.25, 0.3) is 0 Å². The molecule has 2 fully saturated rings. The Labute approximate surface area is 239 Å². The minimum atomic E-state index is -3.73. The highest BCUT2D eigenvalue weighted by Gasteiger charge is 2.35. The van der Waals surface area contributed by atoms with Crippen LogP contribution in [0, 0.1) is 18.7 Å². The largest absolute Gasteiger partial charge is 0.379 e. The Hall–Kier alpha value is -2.15. The molecule has 1 aromatic heterocycles. The molecular formula is C27H34ClFN4O4S2. The molecule has 0 aliphatic carbocycles. The lowest BCUT2D eigenvalue weighted by molar-refractivity contribution is -0.123. The van der Waals surface area contributed by atoms with Crippen LogP contribution in [-0.2, 0) is 19.6 Å². The van der Waals surface area contributed by atoms with Crippen LogP contribution < -0.4 is 4.90 Å². The fourth-order valence-corrected chi connectivity index (χ4v) is 7.63. The molecular weight excluding hydrogens is 563 g/mol. The topological polar surface area (TPSA) is 83.0 Å². The highest BCUT2D eigenvalue weighted by Crippen LogP contribution is 2.33. The van der Waals surface area contributed by atoms with Crippen molar-refractivity contribution in [2.45, 2.75) is 31.1 Å². The average Bonchev–Trinajstić information content (AvgIpc) is 3.37. The summed E-state index contributed by atoms with van der Waals surface area (Å²) >= 11 is 1.52. The highest BCUT2D eigenvalue weighted by atomic mass is 35.5. The quantitative estimate of drug-likeness (QED) is 0.385. The molecule has 2 saturated heterocycles. The zero-order valence-electron chi connectivity index (χ0n) is 21.9. The molecule has 3 heterocycles. The zero-order chi connectivity index (χ0) is 26.7. The van der Waals surface area contributed by atoms with Crippen LogP contribution >= 0.6 is 23.7 Å². The highest BCUT2D eigenvalue weighted by molar-refractivity contribution is 7.89. The number of para-hydroxylation sites is 1. The maximum Gasteiger partial charge on any atom is 0.243 e. The van der Waals surface area contributed by atoms with Gasteiger partial charge in [0, 0.05) is 45.2 Å². The summed E-state index contributed by atoms with van der Waals surface area (Å²) in [6.45, 7) is 7.22. The van der Waals surface area contributed by atoms with Crippen molar-refractivity contribution < 1.29 is 22.3 Å². The third-order valence-corrected chi connectivity index (χ3v) is 10.3. The van der Waals surface area contributed by atoms with E-state index in [0.717, 1.165) is 67.2 Å². The summed E-state index contributed by atoms with van der Waals surface area (Å²) in [6.07, 6.45) is 1.69. The number of carbonyl (C=O) groups is 1. The molecule has 2 aliphatic heterocycles. The summed E-state index contributed by atoms with van der Waals surface area (Å²) in [5.41, 5.74) is 1.99. The van der Waals surface area contributed by atoms with Gasteiger partial charge in [-0.15, -0.1) is 12.4 Å². The van der Waals surface area contributed by atoms with Gasteiger partial charge in [0.15, 0.2) is 5.13 Å². The summed E-state index contributed by atoms with van der Waals surface area (Å²) in [6, 6.07) is 10.9. The summed E-state index contributed by atoms with van der Waals surface area (Å²) in [5, 5.41) is 0.697. The van der Waals surface area contributed by atoms with Crippen molar-refractivity contribution in [3.63, 3.8) is 0 Å². The SMILES string of the molecule is Cc1cccc2sc(N(CCCN3CCOCC3)C(=O)C3CCN(S(=O)(=O)c4ccc(F)cc4)CC3)nc12.Cl. The predicted molar refractivity (Wildman–Crippen MR) is 154 cm³/mol. The van der Waals surface area contributed by atoms with E-state index in [1.165, 1.54) is 27.8 Å². The van der Waals surface area contributed by atoms with E-state index in [0.29, 0.717) is 24.5 Å². The number of benzene rings is 2. The second-order valence-corrected chi connectivity index (χ2v) is 12.8. The Morgan fingerprint density at radius 1 is 1.10 bits per heavy atom. The predicted octanol–water partition coefficient (Wildman–Crippen LogP) is 4.32. The second-order valence-electron chi connectivity index (χ2n) is 9.85. The van der Waals surface area contributed by atoms with Gasteiger partial charge in [-0.05, 0) is 62.1 Å². The smallest absolute Gasteiger partial charge is 0.243 e. The Morgan fingerprint density at radius 2 is 1.79 bits per heavy atom. The van der Waals surface area contributed by atoms with Crippen molar-refractivity contribution in [2.24, 2.45) is 5.92 Å². The van der Waals surface area contributed by atoms with E-state index >= 15 is 0 Å². The number of piperidine rings is 1. The van der Waals surface area contributed by atoms with E-state index < -0.39 is 15.8 Å². The van der Waals surface area contributed by atoms with E-state index in [-0.39, 0.29) is 42.2 Å². The molecule has 0 unspecified atom stereocenters. The first-order valence-electron chi connectivity index (χ1n) is 13.1. The number of aryl methyl sites for hydroxylation is 1. The number of aromatic nitrogens is 1. The van der Waals surface area contributed by atoms with Crippen molar-refractivity contribution in [3.8, 4) is 0 Å². The molecule has 0 spiro atoms. The van der Waals surface area contributed by atoms with Crippen molar-refractivity contribution in [3.05, 3.63) is 53.8 Å². The van der Waals surface area contributed by atoms with E-state index in [1.807, 2.05) is 30.0 Å². The molecule has 39 heavy (non-hydrogen) atoms. The molecule has 212 valence electrons. The molecule has 3 aromatic rings. The molecule has 8 nitrogen and oxygen atoms in total. The number of hydrogen-bond acceptors (Lipinski definition) is 7. The number of amides is 1. The molecule has 0 N–H and O–H groups in total. The van der Waals surface area contributed by atoms with Crippen LogP contribution in [0.15, 0.2) is 47.4 Å². The number of fused-ring (bicyclic) bond motifs is 1. The average molecular weight is 597 g/mol. The lowest BCUT2D eigenvalue weighted by Crippen LogP contribution is -2.45. The van der Waals surface area contributed by atoms with Gasteiger partial charge in [-0.25, -0.2) is 17.8 Å². The maximum atomic E-state index is 13.9. The number of ether oxygens (including phenoxy) is 1. The number of hydrogen-bond donors (Lipinski definition) is 0. The number of anilines is 1. The van der Waals surface area contributed by atoms with E-state index in [2.05, 4.69) is 4.90 Å². The Kier molecular flexibility index (Phi) is 9.95. The van der Waals surface area contributed by atoms with Crippen molar-refractivity contribution >= 4 is 55.0 Å². The van der Waals surface area contributed by atoms with Gasteiger partial charge in [-0.1, -0.05) is 23.5 Å². The lowest BCUT2D eigenvalue weighted by Gasteiger charge is -2.33. The van der Waals surface area contributed by atoms with Crippen LogP contribution in [-0.4, -0.2) is 81.0 Å². The summed E-state index contributed by atoms with van der Waals surface area (Å²) in [5.74, 6) is -0.763. The van der Waals surface area contributed by atoms with Crippen LogP contribution in [0.3, 0.4) is 0 Å². The van der Waals surface area contributed by atoms with Gasteiger partial charge >= 0.3 is 0 Å². The number of morpholine rings is 1. The monoisotopic (exact) mass is 596 g/mol. The van der Waals surface area contributed by atoms with Crippen LogP contribution in [0.1, 0.15) is 24.8 Å². The second kappa shape index (κ2) is 13.0. The number of rotatable bonds is 8. The number of nitrogens with zero attached hydrogens (tertiary/aromatic N) is 4. The minimum Gasteiger partial charge on any atom is -0.379 e. The number of sulfonamides is 1. The molecule has 0 atom stereocenters. The zero-order valence-corrected chi connectivity index (χ0v) is 24.4. The van der Waals surface area contributed by atoms with Crippen molar-refractivity contribution in [1.29, 1.82) is 0 Å². The molecule has 5 rings (SSSR count). The van der Waals surface area contributed by atoms with Gasteiger partial charge in [0.05, 0.1) is 28.3 Å². The Morgan fingerprint density at radius 3 is 2.46 bits per heavy atom. The Balaban J connectivity index is 0.00000353. The van der Waals surface area contributed by atoms with Crippen LogP contribution in [0.4, 0.5) is 9.52 Å². The van der Waals surface area contributed by atoms with E-state index in [1.54, 1.807) is 0 Å². The van der Waals surface area contributed by atoms with Gasteiger partial charge in [0.2, 0.25) is 15.9 Å². The molecule has 0 saturated carbocycles. The lowest BCUT2D eigenvalue weighted by atomic mass is 9.96. The number of thiazole rings is 1. The van der Waals surface area contributed by atoms with Crippen LogP contribution in [0.2, 0.25) is 0 Å². The molecule has 0 radical (unpaired) electrons. The Bertz CT molecular complexity index is 1370. The van der Waals surface area contributed by atoms with E-state index in [9.17, 15) is 17.6 Å². The first-order chi connectivity index (χ1) is 18.3. The van der Waals surface area contributed by atoms with Crippen LogP contribution in [0.5, 0.6) is 0 Å². The van der Waals surface area contributed by atoms with Gasteiger partial charge in [-0.3, -0.25) is 14.6 Å². The molecule has 2 aromatic carbocycles. The summed E-state index contributed by atoms with van der Waals surface area (Å²) < 4.78 is 47.3. The molecule has 1 amide bonds. The standard InChI is InChI=1S/C27H33FN4O4S2.ClH/c1-20-4-2-5-24-25(20)29-27(37-24)32(13-3-12-30-16-18-36-19-17-30)26(33)21-10-14-31(15-11-21)38(34,35)23-8-6-22(28)7-9-23;/h2,4-9,21H,3,10-19H2,1H3;1H. The molecule has 0 bridgehead atoms. The van der Waals surface area contributed by atoms with E-state index in [4.69, 9.17) is 9.72 Å². The number of carbonyl (C=O) groups excluding carboxylic acids is 1. The van der Waals surface area contributed by atoms with Gasteiger partial charge < -0.3 is 4.74 Å². The van der Waals surface area contributed by atoms with Gasteiger partial charge in [0.1, 0.15) is 5.82 Å². The van der Waals surface area contributed by atoms with Crippen molar-refractivity contribution in [2.75, 3.05) is 57.4 Å². The first kappa shape index (κ1) is 29.8. The first-order valence-corrected chi connectivity index (χ1v) is 15.3. The molecule has 12 heteroatoms. The fraction of sp³-hybridized carbons (Fsp3) is 0.481.